The molecule has 0 spiro atoms. The van der Waals surface area contributed by atoms with E-state index in [0.29, 0.717) is 17.2 Å². The summed E-state index contributed by atoms with van der Waals surface area (Å²) in [6.45, 7) is 5.80. The van der Waals surface area contributed by atoms with Gasteiger partial charge in [-0.25, -0.2) is 0 Å². The number of benzene rings is 2. The van der Waals surface area contributed by atoms with Crippen molar-refractivity contribution in [1.29, 1.82) is 0 Å². The van der Waals surface area contributed by atoms with E-state index in [9.17, 15) is 9.59 Å². The largest absolute Gasteiger partial charge is 0.371 e. The molecule has 1 saturated carbocycles. The molecule has 1 heterocycles. The monoisotopic (exact) mass is 419 g/mol. The topological polar surface area (TPSA) is 61.4 Å². The molecular formula is C26H33N3O2. The highest BCUT2D eigenvalue weighted by Crippen LogP contribution is 2.32. The summed E-state index contributed by atoms with van der Waals surface area (Å²) in [6, 6.07) is 16.5. The number of nitrogens with zero attached hydrogens (tertiary/aromatic N) is 1. The summed E-state index contributed by atoms with van der Waals surface area (Å²) in [5, 5.41) is 6.00. The average molecular weight is 420 g/mol. The SMILES string of the molecule is CC(C)NC(=O)c1cc(NC(=O)C2CC2)ccc1N1CCC(Cc2ccccc2)CC1. The lowest BCUT2D eigenvalue weighted by Gasteiger charge is -2.35. The molecule has 1 saturated heterocycles. The van der Waals surface area contributed by atoms with E-state index in [0.717, 1.165) is 50.9 Å². The van der Waals surface area contributed by atoms with Gasteiger partial charge in [-0.2, -0.15) is 0 Å². The Morgan fingerprint density at radius 3 is 2.35 bits per heavy atom. The van der Waals surface area contributed by atoms with Gasteiger partial charge in [-0.05, 0) is 75.6 Å². The molecule has 0 aromatic heterocycles. The third-order valence-electron chi connectivity index (χ3n) is 6.20. The minimum absolute atomic E-state index is 0.0571. The van der Waals surface area contributed by atoms with Crippen LogP contribution in [0.15, 0.2) is 48.5 Å². The Kier molecular flexibility index (Phi) is 6.59. The fraction of sp³-hybridized carbons (Fsp3) is 0.462. The van der Waals surface area contributed by atoms with Gasteiger partial charge >= 0.3 is 0 Å². The molecule has 2 fully saturated rings. The second-order valence-corrected chi connectivity index (χ2v) is 9.24. The van der Waals surface area contributed by atoms with Gasteiger partial charge in [0.15, 0.2) is 0 Å². The van der Waals surface area contributed by atoms with E-state index in [1.807, 2.05) is 32.0 Å². The van der Waals surface area contributed by atoms with Crippen LogP contribution in [0.4, 0.5) is 11.4 Å². The summed E-state index contributed by atoms with van der Waals surface area (Å²) < 4.78 is 0. The standard InChI is InChI=1S/C26H33N3O2/c1-18(2)27-26(31)23-17-22(28-25(30)21-8-9-21)10-11-24(23)29-14-12-20(13-15-29)16-19-6-4-3-5-7-19/h3-7,10-11,17-18,20-21H,8-9,12-16H2,1-2H3,(H,27,31)(H,28,30). The molecule has 1 aliphatic carbocycles. The number of hydrogen-bond donors (Lipinski definition) is 2. The second-order valence-electron chi connectivity index (χ2n) is 9.24. The van der Waals surface area contributed by atoms with Crippen molar-refractivity contribution in [2.45, 2.75) is 52.0 Å². The van der Waals surface area contributed by atoms with Crippen molar-refractivity contribution in [3.8, 4) is 0 Å². The summed E-state index contributed by atoms with van der Waals surface area (Å²) in [5.74, 6) is 0.781. The fourth-order valence-corrected chi connectivity index (χ4v) is 4.33. The zero-order valence-corrected chi connectivity index (χ0v) is 18.6. The summed E-state index contributed by atoms with van der Waals surface area (Å²) in [6.07, 6.45) is 5.26. The maximum Gasteiger partial charge on any atom is 0.253 e. The fourth-order valence-electron chi connectivity index (χ4n) is 4.33. The molecule has 2 amide bonds. The van der Waals surface area contributed by atoms with Crippen LogP contribution < -0.4 is 15.5 Å². The van der Waals surface area contributed by atoms with Crippen molar-refractivity contribution in [1.82, 2.24) is 5.32 Å². The Bertz CT molecular complexity index is 914. The van der Waals surface area contributed by atoms with Crippen LogP contribution in [0.1, 0.15) is 55.5 Å². The quantitative estimate of drug-likeness (QED) is 0.688. The average Bonchev–Trinajstić information content (AvgIpc) is 3.60. The third kappa shape index (κ3) is 5.66. The van der Waals surface area contributed by atoms with Crippen molar-refractivity contribution < 1.29 is 9.59 Å². The molecule has 2 aliphatic rings. The van der Waals surface area contributed by atoms with E-state index < -0.39 is 0 Å². The summed E-state index contributed by atoms with van der Waals surface area (Å²) in [5.41, 5.74) is 3.70. The maximum atomic E-state index is 13.0. The van der Waals surface area contributed by atoms with Gasteiger partial charge in [0, 0.05) is 36.4 Å². The Hall–Kier alpha value is -2.82. The Morgan fingerprint density at radius 2 is 1.71 bits per heavy atom. The number of carbonyl (C=O) groups excluding carboxylic acids is 2. The lowest BCUT2D eigenvalue weighted by Crippen LogP contribution is -2.37. The molecule has 1 aliphatic heterocycles. The molecular weight excluding hydrogens is 386 g/mol. The highest BCUT2D eigenvalue weighted by molar-refractivity contribution is 6.02. The van der Waals surface area contributed by atoms with E-state index in [4.69, 9.17) is 0 Å². The van der Waals surface area contributed by atoms with Crippen LogP contribution >= 0.6 is 0 Å². The van der Waals surface area contributed by atoms with Crippen LogP contribution in [-0.2, 0) is 11.2 Å². The van der Waals surface area contributed by atoms with Gasteiger partial charge in [-0.1, -0.05) is 30.3 Å². The highest BCUT2D eigenvalue weighted by Gasteiger charge is 2.30. The minimum atomic E-state index is -0.0843. The van der Waals surface area contributed by atoms with Crippen LogP contribution in [0.2, 0.25) is 0 Å². The van der Waals surface area contributed by atoms with Crippen LogP contribution in [0.25, 0.3) is 0 Å². The van der Waals surface area contributed by atoms with Gasteiger partial charge in [-0.15, -0.1) is 0 Å². The minimum Gasteiger partial charge on any atom is -0.371 e. The van der Waals surface area contributed by atoms with E-state index in [-0.39, 0.29) is 23.8 Å². The lowest BCUT2D eigenvalue weighted by atomic mass is 9.89. The lowest BCUT2D eigenvalue weighted by molar-refractivity contribution is -0.117. The smallest absolute Gasteiger partial charge is 0.253 e. The van der Waals surface area contributed by atoms with E-state index in [1.54, 1.807) is 0 Å². The predicted octanol–water partition coefficient (Wildman–Crippen LogP) is 4.63. The number of carbonyl (C=O) groups is 2. The van der Waals surface area contributed by atoms with Gasteiger partial charge in [-0.3, -0.25) is 9.59 Å². The van der Waals surface area contributed by atoms with Crippen LogP contribution in [0.5, 0.6) is 0 Å². The molecule has 5 heteroatoms. The van der Waals surface area contributed by atoms with Gasteiger partial charge in [0.25, 0.3) is 5.91 Å². The molecule has 2 N–H and O–H groups in total. The van der Waals surface area contributed by atoms with Crippen molar-refractivity contribution in [2.75, 3.05) is 23.3 Å². The van der Waals surface area contributed by atoms with Crippen LogP contribution in [0, 0.1) is 11.8 Å². The number of hydrogen-bond acceptors (Lipinski definition) is 3. The molecule has 0 atom stereocenters. The van der Waals surface area contributed by atoms with E-state index in [2.05, 4.69) is 45.9 Å². The zero-order chi connectivity index (χ0) is 21.8. The van der Waals surface area contributed by atoms with Crippen molar-refractivity contribution in [3.63, 3.8) is 0 Å². The molecule has 0 unspecified atom stereocenters. The summed E-state index contributed by atoms with van der Waals surface area (Å²) in [7, 11) is 0. The molecule has 2 aromatic carbocycles. The van der Waals surface area contributed by atoms with Crippen LogP contribution in [-0.4, -0.2) is 30.9 Å². The highest BCUT2D eigenvalue weighted by atomic mass is 16.2. The van der Waals surface area contributed by atoms with Gasteiger partial charge in [0.1, 0.15) is 0 Å². The maximum absolute atomic E-state index is 13.0. The molecule has 4 rings (SSSR count). The third-order valence-corrected chi connectivity index (χ3v) is 6.20. The van der Waals surface area contributed by atoms with Crippen molar-refractivity contribution >= 4 is 23.2 Å². The number of nitrogens with one attached hydrogen (secondary N) is 2. The Labute approximate surface area is 185 Å². The first-order valence-corrected chi connectivity index (χ1v) is 11.5. The normalized spacial score (nSPS) is 16.9. The first-order valence-electron chi connectivity index (χ1n) is 11.5. The van der Waals surface area contributed by atoms with E-state index in [1.165, 1.54) is 5.56 Å². The number of piperidine rings is 1. The first-order chi connectivity index (χ1) is 15.0. The Morgan fingerprint density at radius 1 is 1.00 bits per heavy atom. The molecule has 5 nitrogen and oxygen atoms in total. The Balaban J connectivity index is 1.47. The zero-order valence-electron chi connectivity index (χ0n) is 18.6. The second kappa shape index (κ2) is 9.54. The molecule has 2 aromatic rings. The molecule has 0 bridgehead atoms. The first kappa shape index (κ1) is 21.4. The summed E-state index contributed by atoms with van der Waals surface area (Å²) in [4.78, 5) is 27.5. The molecule has 164 valence electrons. The number of anilines is 2. The van der Waals surface area contributed by atoms with Crippen LogP contribution in [0.3, 0.4) is 0 Å². The van der Waals surface area contributed by atoms with Crippen molar-refractivity contribution in [2.24, 2.45) is 11.8 Å². The van der Waals surface area contributed by atoms with Gasteiger partial charge in [0.2, 0.25) is 5.91 Å². The van der Waals surface area contributed by atoms with Gasteiger partial charge < -0.3 is 15.5 Å². The molecule has 31 heavy (non-hydrogen) atoms. The number of rotatable bonds is 7. The number of amides is 2. The summed E-state index contributed by atoms with van der Waals surface area (Å²) >= 11 is 0. The van der Waals surface area contributed by atoms with Gasteiger partial charge in [0.05, 0.1) is 5.56 Å². The van der Waals surface area contributed by atoms with E-state index >= 15 is 0 Å². The van der Waals surface area contributed by atoms with Crippen molar-refractivity contribution in [3.05, 3.63) is 59.7 Å². The molecule has 0 radical (unpaired) electrons. The predicted molar refractivity (Wildman–Crippen MR) is 125 cm³/mol.